The molecule has 12 heteroatoms. The molecule has 0 aromatic heterocycles. The Labute approximate surface area is 237 Å². The largest absolute Gasteiger partial charge is 0.508 e. The van der Waals surface area contributed by atoms with Crippen LogP contribution in [0.3, 0.4) is 0 Å². The van der Waals surface area contributed by atoms with Crippen molar-refractivity contribution in [3.63, 3.8) is 0 Å². The first-order chi connectivity index (χ1) is 19.4. The lowest BCUT2D eigenvalue weighted by Gasteiger charge is -2.50. The smallest absolute Gasteiger partial charge is 0.255 e. The lowest BCUT2D eigenvalue weighted by Crippen LogP contribution is -2.65. The molecule has 3 aliphatic carbocycles. The van der Waals surface area contributed by atoms with Crippen molar-refractivity contribution < 1.29 is 44.3 Å². The second-order valence-electron chi connectivity index (χ2n) is 11.5. The second kappa shape index (κ2) is 10.4. The maximum Gasteiger partial charge on any atom is 0.255 e. The molecule has 5 rings (SSSR count). The van der Waals surface area contributed by atoms with Crippen LogP contribution in [0.15, 0.2) is 23.0 Å². The first kappa shape index (κ1) is 29.1. The standard InChI is InChI=1S/C29H37N3O9/c1-5-6-32-7-8-41-12-17(32)14-11-18(33)20-15(25(14)40-4)9-13-10-16-22(31(2)3)24(35)21(28(30)38)27(37)29(16,39)26(36)19(13)23(20)34/h11,13,16-17,22,33-34,37,39H,5-10,12H2,1-4H3,(H2,30,38)/t13-,16-,17?,22-,29-/m0/s1. The molecular formula is C29H37N3O9. The van der Waals surface area contributed by atoms with Crippen LogP contribution in [0.4, 0.5) is 0 Å². The second-order valence-corrected chi connectivity index (χ2v) is 11.5. The SMILES string of the molecule is CCCN1CCOCC1c1cc(O)c2c(c1OC)C[C@H]1C[C@H]3[C@H](N(C)C)C(=O)C(C(N)=O)=C(O)[C@@]3(O)C(=O)C1=C2O. The van der Waals surface area contributed by atoms with Gasteiger partial charge >= 0.3 is 0 Å². The van der Waals surface area contributed by atoms with Gasteiger partial charge in [0.15, 0.2) is 11.4 Å². The fraction of sp³-hybridized carbons (Fsp3) is 0.552. The van der Waals surface area contributed by atoms with Gasteiger partial charge in [0.25, 0.3) is 5.91 Å². The van der Waals surface area contributed by atoms with Crippen molar-refractivity contribution in [3.8, 4) is 11.5 Å². The van der Waals surface area contributed by atoms with Gasteiger partial charge in [0.1, 0.15) is 28.6 Å². The number of hydrogen-bond donors (Lipinski definition) is 5. The molecule has 1 aromatic rings. The van der Waals surface area contributed by atoms with Gasteiger partial charge in [-0.25, -0.2) is 0 Å². The number of Topliss-reactive ketones (excluding diaryl/α,β-unsaturated/α-hetero) is 2. The van der Waals surface area contributed by atoms with Crippen molar-refractivity contribution in [1.82, 2.24) is 9.80 Å². The first-order valence-electron chi connectivity index (χ1n) is 13.8. The summed E-state index contributed by atoms with van der Waals surface area (Å²) in [5.74, 6) is -6.41. The summed E-state index contributed by atoms with van der Waals surface area (Å²) in [6, 6.07) is 0.158. The molecule has 6 N–H and O–H groups in total. The highest BCUT2D eigenvalue weighted by molar-refractivity contribution is 6.24. The Morgan fingerprint density at radius 2 is 1.98 bits per heavy atom. The fourth-order valence-electron chi connectivity index (χ4n) is 7.29. The minimum atomic E-state index is -2.68. The number of phenols is 1. The molecule has 0 bridgehead atoms. The van der Waals surface area contributed by atoms with Gasteiger partial charge in [-0.1, -0.05) is 6.92 Å². The number of aromatic hydroxyl groups is 1. The first-order valence-corrected chi connectivity index (χ1v) is 13.8. The van der Waals surface area contributed by atoms with E-state index in [1.165, 1.54) is 18.1 Å². The number of carbonyl (C=O) groups excluding carboxylic acids is 3. The summed E-state index contributed by atoms with van der Waals surface area (Å²) >= 11 is 0. The third kappa shape index (κ3) is 4.15. The minimum absolute atomic E-state index is 0.000610. The van der Waals surface area contributed by atoms with Gasteiger partial charge in [0.05, 0.1) is 38.0 Å². The van der Waals surface area contributed by atoms with E-state index in [1.807, 2.05) is 0 Å². The zero-order chi connectivity index (χ0) is 30.0. The number of methoxy groups -OCH3 is 1. The average molecular weight is 572 g/mol. The van der Waals surface area contributed by atoms with Crippen molar-refractivity contribution in [2.75, 3.05) is 47.5 Å². The minimum Gasteiger partial charge on any atom is -0.508 e. The molecule has 1 aromatic carbocycles. The van der Waals surface area contributed by atoms with Crippen LogP contribution in [0.25, 0.3) is 5.76 Å². The quantitative estimate of drug-likeness (QED) is 0.304. The van der Waals surface area contributed by atoms with E-state index in [-0.39, 0.29) is 35.8 Å². The highest BCUT2D eigenvalue weighted by Crippen LogP contribution is 2.54. The number of benzene rings is 1. The number of nitrogens with zero attached hydrogens (tertiary/aromatic N) is 2. The van der Waals surface area contributed by atoms with Gasteiger partial charge in [0.2, 0.25) is 5.78 Å². The maximum absolute atomic E-state index is 14.0. The third-order valence-electron chi connectivity index (χ3n) is 9.01. The Bertz CT molecular complexity index is 1380. The number of morpholine rings is 1. The number of carbonyl (C=O) groups is 3. The molecule has 1 amide bonds. The molecule has 1 saturated carbocycles. The average Bonchev–Trinajstić information content (AvgIpc) is 2.90. The fourth-order valence-corrected chi connectivity index (χ4v) is 7.29. The molecule has 12 nitrogen and oxygen atoms in total. The van der Waals surface area contributed by atoms with E-state index in [0.717, 1.165) is 13.0 Å². The predicted octanol–water partition coefficient (Wildman–Crippen LogP) is 0.756. The number of phenolic OH excluding ortho intramolecular Hbond substituents is 1. The zero-order valence-corrected chi connectivity index (χ0v) is 23.6. The van der Waals surface area contributed by atoms with Crippen molar-refractivity contribution in [3.05, 3.63) is 39.7 Å². The monoisotopic (exact) mass is 571 g/mol. The summed E-state index contributed by atoms with van der Waals surface area (Å²) in [4.78, 5) is 43.2. The van der Waals surface area contributed by atoms with Crippen LogP contribution in [0.5, 0.6) is 11.5 Å². The lowest BCUT2D eigenvalue weighted by atomic mass is 9.57. The number of nitrogens with two attached hydrogens (primary N) is 1. The number of primary amides is 1. The summed E-state index contributed by atoms with van der Waals surface area (Å²) in [5, 5.41) is 45.4. The maximum atomic E-state index is 14.0. The number of amides is 1. The molecule has 41 heavy (non-hydrogen) atoms. The number of hydrogen-bond acceptors (Lipinski definition) is 11. The highest BCUT2D eigenvalue weighted by Gasteiger charge is 2.64. The summed E-state index contributed by atoms with van der Waals surface area (Å²) in [5.41, 5.74) is 2.85. The Hall–Kier alpha value is -3.45. The zero-order valence-electron chi connectivity index (χ0n) is 23.6. The van der Waals surface area contributed by atoms with Gasteiger partial charge in [-0.15, -0.1) is 0 Å². The van der Waals surface area contributed by atoms with E-state index in [4.69, 9.17) is 15.2 Å². The third-order valence-corrected chi connectivity index (χ3v) is 9.01. The van der Waals surface area contributed by atoms with Crippen LogP contribution in [-0.4, -0.2) is 107 Å². The highest BCUT2D eigenvalue weighted by atomic mass is 16.5. The van der Waals surface area contributed by atoms with Crippen molar-refractivity contribution in [1.29, 1.82) is 0 Å². The van der Waals surface area contributed by atoms with Gasteiger partial charge in [-0.05, 0) is 51.9 Å². The van der Waals surface area contributed by atoms with Gasteiger partial charge in [-0.3, -0.25) is 24.2 Å². The molecular weight excluding hydrogens is 534 g/mol. The van der Waals surface area contributed by atoms with Gasteiger partial charge in [0, 0.05) is 29.2 Å². The molecule has 1 saturated heterocycles. The number of aliphatic hydroxyl groups excluding tert-OH is 2. The lowest BCUT2D eigenvalue weighted by molar-refractivity contribution is -0.153. The van der Waals surface area contributed by atoms with Crippen LogP contribution in [0.1, 0.15) is 42.5 Å². The van der Waals surface area contributed by atoms with Crippen LogP contribution in [0.2, 0.25) is 0 Å². The van der Waals surface area contributed by atoms with Crippen LogP contribution < -0.4 is 10.5 Å². The van der Waals surface area contributed by atoms with Crippen molar-refractivity contribution >= 4 is 23.2 Å². The molecule has 1 aliphatic heterocycles. The van der Waals surface area contributed by atoms with Crippen molar-refractivity contribution in [2.24, 2.45) is 17.6 Å². The Morgan fingerprint density at radius 3 is 2.59 bits per heavy atom. The predicted molar refractivity (Wildman–Crippen MR) is 146 cm³/mol. The molecule has 5 atom stereocenters. The molecule has 222 valence electrons. The van der Waals surface area contributed by atoms with E-state index in [2.05, 4.69) is 11.8 Å². The van der Waals surface area contributed by atoms with E-state index in [1.54, 1.807) is 14.1 Å². The normalized spacial score (nSPS) is 30.3. The Kier molecular flexibility index (Phi) is 7.39. The van der Waals surface area contributed by atoms with Crippen LogP contribution >= 0.6 is 0 Å². The number of aliphatic hydroxyl groups is 3. The number of rotatable bonds is 6. The van der Waals surface area contributed by atoms with Crippen molar-refractivity contribution in [2.45, 2.75) is 43.9 Å². The number of fused-ring (bicyclic) bond motifs is 3. The number of ether oxygens (including phenoxy) is 2. The molecule has 1 heterocycles. The van der Waals surface area contributed by atoms with Crippen LogP contribution in [-0.2, 0) is 25.5 Å². The van der Waals surface area contributed by atoms with Crippen LogP contribution in [0, 0.1) is 11.8 Å². The molecule has 2 fully saturated rings. The van der Waals surface area contributed by atoms with Gasteiger partial charge in [-0.2, -0.15) is 0 Å². The summed E-state index contributed by atoms with van der Waals surface area (Å²) < 4.78 is 11.6. The Balaban J connectivity index is 1.69. The van der Waals surface area contributed by atoms with E-state index in [0.29, 0.717) is 36.6 Å². The van der Waals surface area contributed by atoms with E-state index >= 15 is 0 Å². The summed E-state index contributed by atoms with van der Waals surface area (Å²) in [6.07, 6.45) is 1.08. The number of ketones is 2. The van der Waals surface area contributed by atoms with E-state index in [9.17, 15) is 34.8 Å². The number of likely N-dealkylation sites (N-methyl/N-ethyl adjacent to an activating group) is 1. The Morgan fingerprint density at radius 1 is 1.27 bits per heavy atom. The molecule has 1 unspecified atom stereocenters. The molecule has 0 radical (unpaired) electrons. The summed E-state index contributed by atoms with van der Waals surface area (Å²) in [6.45, 7) is 4.57. The topological polar surface area (TPSA) is 183 Å². The molecule has 4 aliphatic rings. The molecule has 0 spiro atoms. The van der Waals surface area contributed by atoms with Gasteiger partial charge < -0.3 is 35.6 Å². The summed E-state index contributed by atoms with van der Waals surface area (Å²) in [7, 11) is 4.63. The van der Waals surface area contributed by atoms with E-state index < -0.39 is 58.0 Å².